The number of hydrogen-bond acceptors (Lipinski definition) is 6. The molecule has 141 heavy (non-hydrogen) atoms. The van der Waals surface area contributed by atoms with E-state index in [1.807, 2.05) is 91.6 Å². The van der Waals surface area contributed by atoms with Crippen molar-refractivity contribution in [1.82, 2.24) is 29.9 Å². The van der Waals surface area contributed by atoms with Crippen molar-refractivity contribution in [3.8, 4) is 146 Å². The number of rotatable bonds is 7. The third-order valence-electron chi connectivity index (χ3n) is 31.1. The quantitative estimate of drug-likeness (QED) is 0.158. The molecule has 19 aromatic carbocycles. The van der Waals surface area contributed by atoms with Crippen LogP contribution < -0.4 is 0 Å². The molecule has 6 aliphatic carbocycles. The molecule has 0 unspecified atom stereocenters. The second kappa shape index (κ2) is 31.3. The molecule has 3 spiro atoms. The van der Waals surface area contributed by atoms with Crippen LogP contribution in [-0.2, 0) is 16.2 Å². The molecule has 6 aliphatic rings. The van der Waals surface area contributed by atoms with Gasteiger partial charge in [0.25, 0.3) is 0 Å². The van der Waals surface area contributed by atoms with Gasteiger partial charge in [0.05, 0.1) is 56.1 Å². The first kappa shape index (κ1) is 80.0. The molecule has 0 saturated heterocycles. The van der Waals surface area contributed by atoms with Gasteiger partial charge in [-0.3, -0.25) is 24.9 Å². The van der Waals surface area contributed by atoms with E-state index in [1.54, 1.807) is 0 Å². The molecular formula is C135H82N6. The van der Waals surface area contributed by atoms with Gasteiger partial charge in [0.2, 0.25) is 0 Å². The fourth-order valence-corrected chi connectivity index (χ4v) is 25.4. The third kappa shape index (κ3) is 11.7. The highest BCUT2D eigenvalue weighted by Crippen LogP contribution is 2.69. The van der Waals surface area contributed by atoms with Crippen LogP contribution in [0, 0.1) is 0 Å². The average Bonchev–Trinajstić information content (AvgIpc) is 1.51. The summed E-state index contributed by atoms with van der Waals surface area (Å²) in [6, 6.07) is 171. The van der Waals surface area contributed by atoms with Crippen molar-refractivity contribution in [2.75, 3.05) is 0 Å². The second-order valence-electron chi connectivity index (χ2n) is 37.9. The van der Waals surface area contributed by atoms with E-state index in [0.717, 1.165) is 62.1 Å². The molecule has 6 nitrogen and oxygen atoms in total. The van der Waals surface area contributed by atoms with Gasteiger partial charge in [0.1, 0.15) is 0 Å². The number of pyridine rings is 6. The molecule has 0 atom stereocenters. The zero-order valence-electron chi connectivity index (χ0n) is 76.5. The normalized spacial score (nSPS) is 13.4. The maximum Gasteiger partial charge on any atom is 0.0893 e. The summed E-state index contributed by atoms with van der Waals surface area (Å²) in [5, 5.41) is 15.3. The van der Waals surface area contributed by atoms with Crippen LogP contribution in [0.15, 0.2) is 498 Å². The first-order valence-corrected chi connectivity index (χ1v) is 48.6. The Morgan fingerprint density at radius 3 is 0.844 bits per heavy atom. The van der Waals surface area contributed by atoms with E-state index in [9.17, 15) is 0 Å². The van der Waals surface area contributed by atoms with Crippen molar-refractivity contribution in [3.63, 3.8) is 0 Å². The third-order valence-corrected chi connectivity index (χ3v) is 31.1. The Labute approximate surface area is 815 Å². The Balaban J connectivity index is 0.000000102. The van der Waals surface area contributed by atoms with Crippen LogP contribution in [-0.4, -0.2) is 29.9 Å². The van der Waals surface area contributed by atoms with Gasteiger partial charge in [0, 0.05) is 42.1 Å². The maximum absolute atomic E-state index is 4.99. The summed E-state index contributed by atoms with van der Waals surface area (Å²) < 4.78 is 0. The highest BCUT2D eigenvalue weighted by Gasteiger charge is 2.56. The van der Waals surface area contributed by atoms with Gasteiger partial charge in [-0.25, -0.2) is 4.98 Å². The monoisotopic (exact) mass is 1790 g/mol. The smallest absolute Gasteiger partial charge is 0.0893 e. The molecule has 0 amide bonds. The lowest BCUT2D eigenvalue weighted by Gasteiger charge is -2.31. The summed E-state index contributed by atoms with van der Waals surface area (Å²) in [7, 11) is 0. The van der Waals surface area contributed by atoms with Gasteiger partial charge in [-0.2, -0.15) is 0 Å². The van der Waals surface area contributed by atoms with Crippen molar-refractivity contribution in [3.05, 3.63) is 565 Å². The first-order chi connectivity index (χ1) is 69.9. The predicted octanol–water partition coefficient (Wildman–Crippen LogP) is 33.0. The van der Waals surface area contributed by atoms with Crippen molar-refractivity contribution in [2.24, 2.45) is 0 Å². The second-order valence-corrected chi connectivity index (χ2v) is 37.9. The Hall–Kier alpha value is -18.4. The van der Waals surface area contributed by atoms with E-state index in [0.29, 0.717) is 0 Å². The van der Waals surface area contributed by atoms with Crippen LogP contribution in [0.4, 0.5) is 0 Å². The molecule has 0 bridgehead atoms. The van der Waals surface area contributed by atoms with Crippen LogP contribution >= 0.6 is 0 Å². The Morgan fingerprint density at radius 2 is 0.447 bits per heavy atom. The van der Waals surface area contributed by atoms with Gasteiger partial charge in [-0.15, -0.1) is 0 Å². The zero-order valence-corrected chi connectivity index (χ0v) is 76.5. The standard InChI is InChI=1S/C49H30N2.2C43H26N2/c1-2-14-36-31(11-1)24-27-43-47(36)40-26-23-34-29-33(32-12-9-13-35(30-32)44-20-10-21-46(51-44)45-19-7-8-28-50-45)22-25-37(34)48(40)49(43)41-17-5-3-15-38(41)39-16-4-6-18-42(39)49;1-2-10-31-27(9-1)18-22-38-41(31)35-21-17-29-25-28(30-19-23-40(45-26-30)39-15-7-8-24-44-39)16-20-32(29)42(35)43(38)36-13-5-3-11-33(36)34-12-4-6-14-37(34)43;1-2-10-31-27(9-1)18-21-38-41(31)35-20-17-30-25-28(29-22-24-45-40(26-29)39-15-7-8-23-44-39)16-19-32(30)42(35)43(38)36-13-5-3-11-33(36)34-12-4-6-14-37(34)43/h1-30H;2*1-26H. The number of fused-ring (bicyclic) bond motifs is 42. The molecule has 0 N–H and O–H groups in total. The number of nitrogens with zero attached hydrogens (tertiary/aromatic N) is 6. The minimum Gasteiger partial charge on any atom is -0.255 e. The Morgan fingerprint density at radius 1 is 0.142 bits per heavy atom. The Kier molecular flexibility index (Phi) is 17.8. The van der Waals surface area contributed by atoms with Crippen molar-refractivity contribution >= 4 is 64.6 Å². The molecule has 652 valence electrons. The molecule has 6 heterocycles. The summed E-state index contributed by atoms with van der Waals surface area (Å²) in [4.78, 5) is 27.9. The minimum atomic E-state index is -0.410. The number of hydrogen-bond donors (Lipinski definition) is 0. The predicted molar refractivity (Wildman–Crippen MR) is 578 cm³/mol. The summed E-state index contributed by atoms with van der Waals surface area (Å²) in [5.74, 6) is 0. The molecule has 31 rings (SSSR count). The number of aromatic nitrogens is 6. The highest BCUT2D eigenvalue weighted by atomic mass is 14.8. The van der Waals surface area contributed by atoms with E-state index in [1.165, 1.54) is 215 Å². The van der Waals surface area contributed by atoms with Gasteiger partial charge >= 0.3 is 0 Å². The Bertz CT molecular complexity index is 9440. The lowest BCUT2D eigenvalue weighted by atomic mass is 9.69. The van der Waals surface area contributed by atoms with Crippen molar-refractivity contribution < 1.29 is 0 Å². The van der Waals surface area contributed by atoms with E-state index >= 15 is 0 Å². The fourth-order valence-electron chi connectivity index (χ4n) is 25.4. The van der Waals surface area contributed by atoms with E-state index in [2.05, 4.69) is 426 Å². The first-order valence-electron chi connectivity index (χ1n) is 48.6. The topological polar surface area (TPSA) is 77.3 Å². The fraction of sp³-hybridized carbons (Fsp3) is 0.0222. The van der Waals surface area contributed by atoms with Gasteiger partial charge in [0.15, 0.2) is 0 Å². The largest absolute Gasteiger partial charge is 0.255 e. The lowest BCUT2D eigenvalue weighted by Crippen LogP contribution is -2.26. The SMILES string of the molecule is c1ccc(-c2cc(-c3ccc4c5c(ccc4c3)-c3c(ccc4ccccc34)C53c4ccccc4-c4ccccc43)ccn2)nc1.c1ccc(-c2ccc(-c3ccc4c5c(ccc4c3)-c3c(ccc4ccccc34)C53c4ccccc4-c4ccccc43)cn2)nc1.c1ccc(-c2cccc(-c3cccc(-c4ccc5c6c(ccc5c4)-c4c(ccc5ccccc45)C64c5ccccc5-c5ccccc54)c3)n2)nc1. The number of benzene rings is 19. The zero-order chi connectivity index (χ0) is 92.6. The lowest BCUT2D eigenvalue weighted by molar-refractivity contribution is 0.802. The van der Waals surface area contributed by atoms with Crippen LogP contribution in [0.2, 0.25) is 0 Å². The molecule has 0 fully saturated rings. The van der Waals surface area contributed by atoms with E-state index < -0.39 is 16.2 Å². The average molecular weight is 1790 g/mol. The molecular weight excluding hydrogens is 1710 g/mol. The van der Waals surface area contributed by atoms with E-state index in [4.69, 9.17) is 9.97 Å². The highest BCUT2D eigenvalue weighted by molar-refractivity contribution is 6.16. The van der Waals surface area contributed by atoms with Crippen LogP contribution in [0.5, 0.6) is 0 Å². The minimum absolute atomic E-state index is 0.394. The summed E-state index contributed by atoms with van der Waals surface area (Å²) in [6.45, 7) is 0. The van der Waals surface area contributed by atoms with Crippen LogP contribution in [0.3, 0.4) is 0 Å². The van der Waals surface area contributed by atoms with Crippen molar-refractivity contribution in [2.45, 2.75) is 16.2 Å². The van der Waals surface area contributed by atoms with Crippen LogP contribution in [0.1, 0.15) is 66.8 Å². The van der Waals surface area contributed by atoms with Gasteiger partial charge in [-0.1, -0.05) is 376 Å². The summed E-state index contributed by atoms with van der Waals surface area (Å²) in [6.07, 6.45) is 9.28. The molecule has 6 aromatic heterocycles. The molecule has 6 heteroatoms. The molecule has 0 aliphatic heterocycles. The summed E-state index contributed by atoms with van der Waals surface area (Å²) in [5.41, 5.74) is 45.5. The molecule has 0 radical (unpaired) electrons. The van der Waals surface area contributed by atoms with Crippen LogP contribution in [0.25, 0.3) is 210 Å². The van der Waals surface area contributed by atoms with Gasteiger partial charge in [-0.05, 0) is 317 Å². The maximum atomic E-state index is 4.99. The summed E-state index contributed by atoms with van der Waals surface area (Å²) >= 11 is 0. The van der Waals surface area contributed by atoms with Gasteiger partial charge < -0.3 is 0 Å². The van der Waals surface area contributed by atoms with E-state index in [-0.39, 0.29) is 0 Å². The van der Waals surface area contributed by atoms with Crippen molar-refractivity contribution in [1.29, 1.82) is 0 Å². The molecule has 0 saturated carbocycles. The molecule has 25 aromatic rings.